The molecule has 1 N–H and O–H groups in total. The summed E-state index contributed by atoms with van der Waals surface area (Å²) >= 11 is 3.40. The van der Waals surface area contributed by atoms with Crippen LogP contribution in [0.25, 0.3) is 0 Å². The summed E-state index contributed by atoms with van der Waals surface area (Å²) < 4.78 is 22.4. The fourth-order valence-corrected chi connectivity index (χ4v) is 2.87. The molecule has 0 unspecified atom stereocenters. The summed E-state index contributed by atoms with van der Waals surface area (Å²) in [4.78, 5) is 0. The van der Waals surface area contributed by atoms with Gasteiger partial charge in [-0.05, 0) is 41.9 Å². The van der Waals surface area contributed by atoms with Gasteiger partial charge in [-0.15, -0.1) is 0 Å². The van der Waals surface area contributed by atoms with Gasteiger partial charge in [-0.1, -0.05) is 0 Å². The van der Waals surface area contributed by atoms with Gasteiger partial charge >= 0.3 is 0 Å². The van der Waals surface area contributed by atoms with E-state index >= 15 is 0 Å². The molecule has 17 heavy (non-hydrogen) atoms. The Bertz CT molecular complexity index is 377. The number of methoxy groups -OCH3 is 1. The van der Waals surface area contributed by atoms with Gasteiger partial charge in [0, 0.05) is 7.11 Å². The number of aromatic nitrogens is 2. The number of alkyl halides is 1. The van der Waals surface area contributed by atoms with Crippen molar-refractivity contribution in [3.8, 4) is 0 Å². The summed E-state index contributed by atoms with van der Waals surface area (Å²) in [5, 5.41) is 7.38. The molecule has 0 atom stereocenters. The van der Waals surface area contributed by atoms with Crippen molar-refractivity contribution < 1.29 is 9.13 Å². The summed E-state index contributed by atoms with van der Waals surface area (Å²) in [5.74, 6) is 0. The van der Waals surface area contributed by atoms with E-state index in [4.69, 9.17) is 4.74 Å². The third-order valence-electron chi connectivity index (χ3n) is 3.12. The number of nitrogens with zero attached hydrogens (tertiary/aromatic N) is 2. The molecule has 0 spiro atoms. The minimum Gasteiger partial charge on any atom is -0.383 e. The molecule has 1 fully saturated rings. The first-order chi connectivity index (χ1) is 8.17. The molecule has 1 aromatic heterocycles. The van der Waals surface area contributed by atoms with E-state index in [2.05, 4.69) is 26.3 Å². The van der Waals surface area contributed by atoms with Gasteiger partial charge in [0.05, 0.1) is 29.5 Å². The van der Waals surface area contributed by atoms with E-state index in [0.29, 0.717) is 44.8 Å². The molecule has 0 bridgehead atoms. The fourth-order valence-electron chi connectivity index (χ4n) is 2.21. The highest BCUT2D eigenvalue weighted by molar-refractivity contribution is 9.10. The van der Waals surface area contributed by atoms with E-state index in [1.165, 1.54) is 0 Å². The van der Waals surface area contributed by atoms with Gasteiger partial charge in [0.25, 0.3) is 0 Å². The third kappa shape index (κ3) is 2.69. The van der Waals surface area contributed by atoms with Gasteiger partial charge in [0.1, 0.15) is 0 Å². The van der Waals surface area contributed by atoms with Crippen LogP contribution in [-0.2, 0) is 17.0 Å². The molecule has 1 aliphatic rings. The molecule has 0 aliphatic carbocycles. The predicted octanol–water partition coefficient (Wildman–Crippen LogP) is 1.84. The van der Waals surface area contributed by atoms with Crippen molar-refractivity contribution >= 4 is 15.9 Å². The van der Waals surface area contributed by atoms with E-state index in [9.17, 15) is 4.39 Å². The molecule has 1 saturated heterocycles. The Labute approximate surface area is 109 Å². The third-order valence-corrected chi connectivity index (χ3v) is 3.70. The van der Waals surface area contributed by atoms with Gasteiger partial charge in [0.15, 0.2) is 5.67 Å². The van der Waals surface area contributed by atoms with E-state index in [0.717, 1.165) is 4.47 Å². The lowest BCUT2D eigenvalue weighted by Crippen LogP contribution is -2.38. The van der Waals surface area contributed by atoms with Crippen molar-refractivity contribution in [1.29, 1.82) is 0 Å². The molecule has 0 aromatic carbocycles. The van der Waals surface area contributed by atoms with Crippen LogP contribution < -0.4 is 5.32 Å². The van der Waals surface area contributed by atoms with Crippen LogP contribution in [0.2, 0.25) is 0 Å². The topological polar surface area (TPSA) is 39.1 Å². The van der Waals surface area contributed by atoms with Crippen LogP contribution in [0.4, 0.5) is 4.39 Å². The zero-order chi connectivity index (χ0) is 12.3. The Morgan fingerprint density at radius 1 is 1.59 bits per heavy atom. The zero-order valence-corrected chi connectivity index (χ0v) is 11.5. The Hall–Kier alpha value is -0.460. The summed E-state index contributed by atoms with van der Waals surface area (Å²) in [5.41, 5.74) is -0.634. The highest BCUT2D eigenvalue weighted by Gasteiger charge is 2.38. The fraction of sp³-hybridized carbons (Fsp3) is 0.727. The summed E-state index contributed by atoms with van der Waals surface area (Å²) in [6.07, 6.45) is 2.64. The summed E-state index contributed by atoms with van der Waals surface area (Å²) in [6.45, 7) is 2.53. The van der Waals surface area contributed by atoms with Crippen molar-refractivity contribution in [2.24, 2.45) is 0 Å². The SMILES string of the molecule is COCCn1ncc(Br)c1C1(F)CCNCC1. The molecule has 1 aliphatic heterocycles. The zero-order valence-electron chi connectivity index (χ0n) is 9.88. The number of halogens is 2. The van der Waals surface area contributed by atoms with Crippen molar-refractivity contribution in [3.05, 3.63) is 16.4 Å². The van der Waals surface area contributed by atoms with Gasteiger partial charge in [0.2, 0.25) is 0 Å². The highest BCUT2D eigenvalue weighted by Crippen LogP contribution is 2.38. The van der Waals surface area contributed by atoms with Crippen LogP contribution in [-0.4, -0.2) is 36.6 Å². The number of hydrogen-bond acceptors (Lipinski definition) is 3. The highest BCUT2D eigenvalue weighted by atomic mass is 79.9. The molecule has 1 aromatic rings. The monoisotopic (exact) mass is 305 g/mol. The second-order valence-electron chi connectivity index (χ2n) is 4.27. The Balaban J connectivity index is 2.25. The first kappa shape index (κ1) is 13.0. The maximum absolute atomic E-state index is 14.9. The molecule has 2 rings (SSSR count). The van der Waals surface area contributed by atoms with Gasteiger partial charge in [-0.2, -0.15) is 5.10 Å². The minimum atomic E-state index is -1.28. The molecule has 6 heteroatoms. The minimum absolute atomic E-state index is 0.490. The van der Waals surface area contributed by atoms with Crippen molar-refractivity contribution in [2.45, 2.75) is 25.1 Å². The van der Waals surface area contributed by atoms with Crippen molar-refractivity contribution in [1.82, 2.24) is 15.1 Å². The normalized spacial score (nSPS) is 19.5. The predicted molar refractivity (Wildman–Crippen MR) is 66.7 cm³/mol. The molecular weight excluding hydrogens is 289 g/mol. The number of piperidine rings is 1. The smallest absolute Gasteiger partial charge is 0.155 e. The van der Waals surface area contributed by atoms with E-state index in [1.807, 2.05) is 0 Å². The van der Waals surface area contributed by atoms with Crippen LogP contribution >= 0.6 is 15.9 Å². The largest absolute Gasteiger partial charge is 0.383 e. The number of ether oxygens (including phenoxy) is 1. The lowest BCUT2D eigenvalue weighted by atomic mass is 9.91. The Morgan fingerprint density at radius 3 is 2.94 bits per heavy atom. The molecule has 0 radical (unpaired) electrons. The number of rotatable bonds is 4. The van der Waals surface area contributed by atoms with E-state index in [-0.39, 0.29) is 0 Å². The van der Waals surface area contributed by atoms with Crippen molar-refractivity contribution in [2.75, 3.05) is 26.8 Å². The second-order valence-corrected chi connectivity index (χ2v) is 5.13. The van der Waals surface area contributed by atoms with Crippen LogP contribution in [0.5, 0.6) is 0 Å². The van der Waals surface area contributed by atoms with Crippen LogP contribution in [0.3, 0.4) is 0 Å². The lowest BCUT2D eigenvalue weighted by Gasteiger charge is -2.31. The van der Waals surface area contributed by atoms with Crippen LogP contribution in [0, 0.1) is 0 Å². The lowest BCUT2D eigenvalue weighted by molar-refractivity contribution is 0.0981. The first-order valence-corrected chi connectivity index (χ1v) is 6.57. The first-order valence-electron chi connectivity index (χ1n) is 5.78. The average molecular weight is 306 g/mol. The average Bonchev–Trinajstić information content (AvgIpc) is 2.69. The quantitative estimate of drug-likeness (QED) is 0.922. The Morgan fingerprint density at radius 2 is 2.29 bits per heavy atom. The molecule has 0 amide bonds. The second kappa shape index (κ2) is 5.46. The van der Waals surface area contributed by atoms with Gasteiger partial charge in [-0.3, -0.25) is 4.68 Å². The van der Waals surface area contributed by atoms with E-state index < -0.39 is 5.67 Å². The van der Waals surface area contributed by atoms with Crippen molar-refractivity contribution in [3.63, 3.8) is 0 Å². The summed E-state index contributed by atoms with van der Waals surface area (Å²) in [6, 6.07) is 0. The number of hydrogen-bond donors (Lipinski definition) is 1. The maximum atomic E-state index is 14.9. The standard InChI is InChI=1S/C11H17BrFN3O/c1-17-7-6-16-10(9(12)8-15-16)11(13)2-4-14-5-3-11/h8,14H,2-7H2,1H3. The van der Waals surface area contributed by atoms with E-state index in [1.54, 1.807) is 18.0 Å². The Kier molecular flexibility index (Phi) is 4.17. The van der Waals surface area contributed by atoms with Crippen LogP contribution in [0.15, 0.2) is 10.7 Å². The number of nitrogens with one attached hydrogen (secondary N) is 1. The van der Waals surface area contributed by atoms with Gasteiger partial charge < -0.3 is 10.1 Å². The van der Waals surface area contributed by atoms with Crippen LogP contribution in [0.1, 0.15) is 18.5 Å². The molecular formula is C11H17BrFN3O. The summed E-state index contributed by atoms with van der Waals surface area (Å²) in [7, 11) is 1.63. The maximum Gasteiger partial charge on any atom is 0.155 e. The molecule has 4 nitrogen and oxygen atoms in total. The molecule has 2 heterocycles. The van der Waals surface area contributed by atoms with Gasteiger partial charge in [-0.25, -0.2) is 4.39 Å². The molecule has 0 saturated carbocycles. The molecule has 96 valence electrons.